The maximum atomic E-state index is 12.6. The fraction of sp³-hybridized carbons (Fsp3) is 0.261. The molecule has 0 aliphatic carbocycles. The number of rotatable bonds is 9. The lowest BCUT2D eigenvalue weighted by Crippen LogP contribution is -2.52. The number of hydrazine groups is 1. The zero-order chi connectivity index (χ0) is 23.8. The van der Waals surface area contributed by atoms with Crippen molar-refractivity contribution in [3.05, 3.63) is 64.3 Å². The molecule has 33 heavy (non-hydrogen) atoms. The molecule has 4 N–H and O–H groups in total. The van der Waals surface area contributed by atoms with Crippen molar-refractivity contribution in [2.45, 2.75) is 32.2 Å². The molecule has 0 aliphatic rings. The van der Waals surface area contributed by atoms with Crippen LogP contribution in [0.15, 0.2) is 48.7 Å². The van der Waals surface area contributed by atoms with Gasteiger partial charge in [-0.25, -0.2) is 0 Å². The Bertz CT molecular complexity index is 1150. The lowest BCUT2D eigenvalue weighted by Gasteiger charge is -2.18. The van der Waals surface area contributed by atoms with Gasteiger partial charge in [0.1, 0.15) is 11.8 Å². The number of fused-ring (bicyclic) bond motifs is 1. The molecule has 174 valence electrons. The quantitative estimate of drug-likeness (QED) is 0.271. The first-order valence-electron chi connectivity index (χ1n) is 10.3. The summed E-state index contributed by atoms with van der Waals surface area (Å²) in [7, 11) is 0. The molecule has 0 saturated carbocycles. The van der Waals surface area contributed by atoms with Crippen molar-refractivity contribution in [2.24, 2.45) is 0 Å². The first-order valence-corrected chi connectivity index (χ1v) is 11.1. The highest BCUT2D eigenvalue weighted by Gasteiger charge is 2.22. The minimum absolute atomic E-state index is 0.124. The molecule has 0 unspecified atom stereocenters. The van der Waals surface area contributed by atoms with Crippen molar-refractivity contribution in [1.82, 2.24) is 21.2 Å². The summed E-state index contributed by atoms with van der Waals surface area (Å²) >= 11 is 11.9. The predicted molar refractivity (Wildman–Crippen MR) is 127 cm³/mol. The predicted octanol–water partition coefficient (Wildman–Crippen LogP) is 3.53. The Kier molecular flexibility index (Phi) is 8.57. The Labute approximate surface area is 200 Å². The van der Waals surface area contributed by atoms with Crippen LogP contribution < -0.4 is 20.9 Å². The maximum Gasteiger partial charge on any atom is 0.261 e. The summed E-state index contributed by atoms with van der Waals surface area (Å²) < 4.78 is 5.54. The normalized spacial score (nSPS) is 11.6. The molecule has 3 aromatic rings. The van der Waals surface area contributed by atoms with E-state index < -0.39 is 11.9 Å². The molecule has 0 saturated heterocycles. The standard InChI is InChI=1S/C23H24Cl2N4O4/c1-14(30)27-20(11-15-13-26-19-6-3-2-5-17(15)19)23(32)29-28-22(31)7-4-10-33-21-9-8-16(24)12-18(21)25/h2-3,5-6,8-9,12-13,20,26H,4,7,10-11H2,1H3,(H,27,30)(H,28,31)(H,29,32)/t20-/m0/s1. The lowest BCUT2D eigenvalue weighted by molar-refractivity contribution is -0.131. The highest BCUT2D eigenvalue weighted by molar-refractivity contribution is 6.35. The van der Waals surface area contributed by atoms with Gasteiger partial charge in [0.25, 0.3) is 5.91 Å². The van der Waals surface area contributed by atoms with Crippen LogP contribution in [0.5, 0.6) is 5.75 Å². The Morgan fingerprint density at radius 3 is 2.64 bits per heavy atom. The van der Waals surface area contributed by atoms with Gasteiger partial charge in [0.05, 0.1) is 11.6 Å². The third-order valence-corrected chi connectivity index (χ3v) is 5.35. The van der Waals surface area contributed by atoms with Crippen molar-refractivity contribution >= 4 is 51.8 Å². The minimum Gasteiger partial charge on any atom is -0.492 e. The fourth-order valence-electron chi connectivity index (χ4n) is 3.26. The number of hydrogen-bond donors (Lipinski definition) is 4. The van der Waals surface area contributed by atoms with E-state index in [0.29, 0.717) is 22.2 Å². The van der Waals surface area contributed by atoms with Gasteiger partial charge in [-0.15, -0.1) is 0 Å². The van der Waals surface area contributed by atoms with Gasteiger partial charge < -0.3 is 15.0 Å². The van der Waals surface area contributed by atoms with E-state index in [1.165, 1.54) is 6.92 Å². The van der Waals surface area contributed by atoms with Gasteiger partial charge in [0.2, 0.25) is 11.8 Å². The monoisotopic (exact) mass is 490 g/mol. The smallest absolute Gasteiger partial charge is 0.261 e. The average Bonchev–Trinajstić information content (AvgIpc) is 3.18. The Hall–Kier alpha value is -3.23. The molecule has 0 fully saturated rings. The van der Waals surface area contributed by atoms with Crippen molar-refractivity contribution in [2.75, 3.05) is 6.61 Å². The van der Waals surface area contributed by atoms with Gasteiger partial charge in [0.15, 0.2) is 0 Å². The first kappa shape index (κ1) is 24.4. The number of carbonyl (C=O) groups excluding carboxylic acids is 3. The van der Waals surface area contributed by atoms with Gasteiger partial charge in [-0.1, -0.05) is 41.4 Å². The van der Waals surface area contributed by atoms with Gasteiger partial charge in [0, 0.05) is 41.9 Å². The lowest BCUT2D eigenvalue weighted by atomic mass is 10.0. The number of carbonyl (C=O) groups is 3. The number of hydrogen-bond acceptors (Lipinski definition) is 4. The van der Waals surface area contributed by atoms with Crippen LogP contribution in [0.25, 0.3) is 10.9 Å². The number of aromatic amines is 1. The zero-order valence-electron chi connectivity index (χ0n) is 17.9. The third kappa shape index (κ3) is 7.13. The zero-order valence-corrected chi connectivity index (χ0v) is 19.4. The average molecular weight is 491 g/mol. The second kappa shape index (κ2) is 11.6. The molecule has 3 amide bonds. The van der Waals surface area contributed by atoms with Gasteiger partial charge in [-0.2, -0.15) is 0 Å². The Morgan fingerprint density at radius 1 is 1.09 bits per heavy atom. The molecule has 1 heterocycles. The Morgan fingerprint density at radius 2 is 1.88 bits per heavy atom. The highest BCUT2D eigenvalue weighted by Crippen LogP contribution is 2.27. The number of ether oxygens (including phenoxy) is 1. The van der Waals surface area contributed by atoms with Crippen molar-refractivity contribution < 1.29 is 19.1 Å². The van der Waals surface area contributed by atoms with Crippen molar-refractivity contribution in [3.63, 3.8) is 0 Å². The number of amides is 3. The van der Waals surface area contributed by atoms with Crippen LogP contribution in [0, 0.1) is 0 Å². The molecule has 3 rings (SSSR count). The minimum atomic E-state index is -0.850. The molecule has 1 aromatic heterocycles. The molecule has 8 nitrogen and oxygen atoms in total. The van der Waals surface area contributed by atoms with Crippen LogP contribution in [0.1, 0.15) is 25.3 Å². The SMILES string of the molecule is CC(=O)N[C@@H](Cc1c[nH]c2ccccc12)C(=O)NNC(=O)CCCOc1ccc(Cl)cc1Cl. The van der Waals surface area contributed by atoms with E-state index in [4.69, 9.17) is 27.9 Å². The van der Waals surface area contributed by atoms with Crippen molar-refractivity contribution in [1.29, 1.82) is 0 Å². The number of para-hydroxylation sites is 1. The van der Waals surface area contributed by atoms with Crippen LogP contribution in [0.3, 0.4) is 0 Å². The third-order valence-electron chi connectivity index (χ3n) is 4.82. The largest absolute Gasteiger partial charge is 0.492 e. The van der Waals surface area contributed by atoms with Crippen LogP contribution in [-0.2, 0) is 20.8 Å². The van der Waals surface area contributed by atoms with E-state index in [1.54, 1.807) is 24.4 Å². The molecule has 0 radical (unpaired) electrons. The van der Waals surface area contributed by atoms with E-state index in [9.17, 15) is 14.4 Å². The molecule has 0 spiro atoms. The molecule has 10 heteroatoms. The second-order valence-corrected chi connectivity index (χ2v) is 8.22. The second-order valence-electron chi connectivity index (χ2n) is 7.38. The van der Waals surface area contributed by atoms with Gasteiger partial charge >= 0.3 is 0 Å². The number of aromatic nitrogens is 1. The van der Waals surface area contributed by atoms with Crippen molar-refractivity contribution in [3.8, 4) is 5.75 Å². The summed E-state index contributed by atoms with van der Waals surface area (Å²) in [6.07, 6.45) is 2.60. The van der Waals surface area contributed by atoms with Crippen LogP contribution in [0.4, 0.5) is 0 Å². The molecule has 0 aliphatic heterocycles. The summed E-state index contributed by atoms with van der Waals surface area (Å²) in [6, 6.07) is 11.7. The van der Waals surface area contributed by atoms with Crippen LogP contribution in [0.2, 0.25) is 10.0 Å². The highest BCUT2D eigenvalue weighted by atomic mass is 35.5. The summed E-state index contributed by atoms with van der Waals surface area (Å²) in [5.41, 5.74) is 6.57. The van der Waals surface area contributed by atoms with Gasteiger partial charge in [-0.05, 0) is 36.2 Å². The summed E-state index contributed by atoms with van der Waals surface area (Å²) in [5, 5.41) is 4.48. The van der Waals surface area contributed by atoms with E-state index in [-0.39, 0.29) is 31.3 Å². The van der Waals surface area contributed by atoms with E-state index >= 15 is 0 Å². The van der Waals surface area contributed by atoms with Crippen LogP contribution in [-0.4, -0.2) is 35.4 Å². The molecular weight excluding hydrogens is 467 g/mol. The molecule has 2 aromatic carbocycles. The van der Waals surface area contributed by atoms with E-state index in [2.05, 4.69) is 21.2 Å². The number of H-pyrrole nitrogens is 1. The van der Waals surface area contributed by atoms with Crippen LogP contribution >= 0.6 is 23.2 Å². The molecule has 1 atom stereocenters. The number of nitrogens with one attached hydrogen (secondary N) is 4. The van der Waals surface area contributed by atoms with Gasteiger partial charge in [-0.3, -0.25) is 25.2 Å². The van der Waals surface area contributed by atoms with E-state index in [1.807, 2.05) is 24.3 Å². The summed E-state index contributed by atoms with van der Waals surface area (Å²) in [4.78, 5) is 39.5. The summed E-state index contributed by atoms with van der Waals surface area (Å²) in [5.74, 6) is -0.777. The number of benzene rings is 2. The topological polar surface area (TPSA) is 112 Å². The summed E-state index contributed by atoms with van der Waals surface area (Å²) in [6.45, 7) is 1.60. The molecule has 0 bridgehead atoms. The Balaban J connectivity index is 1.47. The first-order chi connectivity index (χ1) is 15.8. The molecular formula is C23H24Cl2N4O4. The number of halogens is 2. The van der Waals surface area contributed by atoms with E-state index in [0.717, 1.165) is 16.5 Å². The fourth-order valence-corrected chi connectivity index (χ4v) is 3.73. The maximum absolute atomic E-state index is 12.6.